The van der Waals surface area contributed by atoms with E-state index >= 15 is 0 Å². The number of anilines is 1. The van der Waals surface area contributed by atoms with Gasteiger partial charge in [0.1, 0.15) is 11.9 Å². The Balaban J connectivity index is 1.56. The van der Waals surface area contributed by atoms with Gasteiger partial charge < -0.3 is 21.3 Å². The third kappa shape index (κ3) is 4.29. The van der Waals surface area contributed by atoms with E-state index in [0.717, 1.165) is 0 Å². The molecule has 2 unspecified atom stereocenters. The number of nitrogens with one attached hydrogen (secondary N) is 2. The summed E-state index contributed by atoms with van der Waals surface area (Å²) in [6, 6.07) is 10.5. The summed E-state index contributed by atoms with van der Waals surface area (Å²) >= 11 is 0. The van der Waals surface area contributed by atoms with Gasteiger partial charge in [-0.05, 0) is 49.6 Å². The maximum Gasteiger partial charge on any atom is 0.256 e. The molecule has 4 rings (SSSR count). The lowest BCUT2D eigenvalue weighted by atomic mass is 9.95. The summed E-state index contributed by atoms with van der Waals surface area (Å²) in [5, 5.41) is 5.78. The van der Waals surface area contributed by atoms with Crippen LogP contribution in [0.25, 0.3) is 11.1 Å². The molecule has 0 saturated carbocycles. The molecule has 162 valence electrons. The topological polar surface area (TPSA) is 105 Å². The summed E-state index contributed by atoms with van der Waals surface area (Å²) in [6.07, 6.45) is 1.86. The Morgan fingerprint density at radius 2 is 2.00 bits per heavy atom. The molecular formula is C23H25FN4O3. The molecule has 2 aromatic carbocycles. The molecular weight excluding hydrogens is 399 g/mol. The maximum absolute atomic E-state index is 14.2. The van der Waals surface area contributed by atoms with Crippen LogP contribution in [0.1, 0.15) is 36.0 Å². The van der Waals surface area contributed by atoms with E-state index in [1.165, 1.54) is 6.07 Å². The highest BCUT2D eigenvalue weighted by molar-refractivity contribution is 6.10. The third-order valence-corrected chi connectivity index (χ3v) is 5.83. The minimum Gasteiger partial charge on any atom is -0.353 e. The largest absolute Gasteiger partial charge is 0.353 e. The highest BCUT2D eigenvalue weighted by Gasteiger charge is 2.40. The van der Waals surface area contributed by atoms with Gasteiger partial charge in [0.05, 0.1) is 11.3 Å². The van der Waals surface area contributed by atoms with Crippen LogP contribution in [0.2, 0.25) is 0 Å². The van der Waals surface area contributed by atoms with Crippen LogP contribution in [0.3, 0.4) is 0 Å². The number of hydrogen-bond acceptors (Lipinski definition) is 4. The Morgan fingerprint density at radius 3 is 2.77 bits per heavy atom. The molecule has 8 heteroatoms. The van der Waals surface area contributed by atoms with Gasteiger partial charge >= 0.3 is 0 Å². The summed E-state index contributed by atoms with van der Waals surface area (Å²) < 4.78 is 14.2. The van der Waals surface area contributed by atoms with Gasteiger partial charge in [0.25, 0.3) is 5.91 Å². The number of halogens is 1. The third-order valence-electron chi connectivity index (χ3n) is 5.83. The van der Waals surface area contributed by atoms with Gasteiger partial charge in [-0.15, -0.1) is 0 Å². The van der Waals surface area contributed by atoms with Crippen molar-refractivity contribution in [3.8, 4) is 11.1 Å². The van der Waals surface area contributed by atoms with Crippen molar-refractivity contribution in [3.05, 3.63) is 53.8 Å². The van der Waals surface area contributed by atoms with Crippen molar-refractivity contribution in [2.24, 2.45) is 5.73 Å². The zero-order valence-electron chi connectivity index (χ0n) is 17.1. The molecule has 2 aliphatic rings. The monoisotopic (exact) mass is 424 g/mol. The van der Waals surface area contributed by atoms with Crippen molar-refractivity contribution in [1.29, 1.82) is 0 Å². The van der Waals surface area contributed by atoms with E-state index in [2.05, 4.69) is 10.6 Å². The fraction of sp³-hybridized carbons (Fsp3) is 0.348. The Bertz CT molecular complexity index is 1030. The van der Waals surface area contributed by atoms with Crippen molar-refractivity contribution in [2.45, 2.75) is 37.8 Å². The van der Waals surface area contributed by atoms with E-state index in [1.54, 1.807) is 41.3 Å². The van der Waals surface area contributed by atoms with E-state index in [4.69, 9.17) is 5.73 Å². The number of amides is 3. The van der Waals surface area contributed by atoms with Gasteiger partial charge in [0.15, 0.2) is 0 Å². The molecule has 2 aromatic rings. The number of rotatable bonds is 5. The van der Waals surface area contributed by atoms with Gasteiger partial charge in [-0.2, -0.15) is 0 Å². The van der Waals surface area contributed by atoms with E-state index in [0.29, 0.717) is 61.2 Å². The van der Waals surface area contributed by atoms with Crippen molar-refractivity contribution in [1.82, 2.24) is 10.2 Å². The zero-order chi connectivity index (χ0) is 22.0. The molecule has 0 bridgehead atoms. The summed E-state index contributed by atoms with van der Waals surface area (Å²) in [4.78, 5) is 39.8. The molecule has 0 aliphatic carbocycles. The second-order valence-electron chi connectivity index (χ2n) is 7.92. The quantitative estimate of drug-likeness (QED) is 0.685. The molecule has 0 spiro atoms. The highest BCUT2D eigenvalue weighted by atomic mass is 19.1. The average molecular weight is 424 g/mol. The molecule has 7 nitrogen and oxygen atoms in total. The molecule has 0 radical (unpaired) electrons. The average Bonchev–Trinajstić information content (AvgIpc) is 2.87. The summed E-state index contributed by atoms with van der Waals surface area (Å²) in [5.41, 5.74) is 7.16. The van der Waals surface area contributed by atoms with E-state index < -0.39 is 6.04 Å². The fourth-order valence-electron chi connectivity index (χ4n) is 4.21. The number of carbonyl (C=O) groups is 3. The predicted molar refractivity (Wildman–Crippen MR) is 115 cm³/mol. The number of fused-ring (bicyclic) bond motifs is 2. The summed E-state index contributed by atoms with van der Waals surface area (Å²) in [6.45, 7) is 0.792. The molecule has 3 amide bonds. The zero-order valence-corrected chi connectivity index (χ0v) is 17.1. The van der Waals surface area contributed by atoms with Gasteiger partial charge in [0.2, 0.25) is 11.8 Å². The smallest absolute Gasteiger partial charge is 0.256 e. The Morgan fingerprint density at radius 1 is 1.19 bits per heavy atom. The first-order valence-electron chi connectivity index (χ1n) is 10.5. The van der Waals surface area contributed by atoms with Crippen LogP contribution in [0.4, 0.5) is 10.1 Å². The lowest BCUT2D eigenvalue weighted by molar-refractivity contribution is -0.125. The predicted octanol–water partition coefficient (Wildman–Crippen LogP) is 2.27. The number of nitrogens with zero attached hydrogens (tertiary/aromatic N) is 1. The van der Waals surface area contributed by atoms with Crippen LogP contribution in [0.15, 0.2) is 42.5 Å². The van der Waals surface area contributed by atoms with Crippen LogP contribution in [0.5, 0.6) is 0 Å². The maximum atomic E-state index is 14.2. The Labute approximate surface area is 179 Å². The molecule has 1 saturated heterocycles. The standard InChI is InChI=1S/C23H25FN4O3/c24-18-5-2-1-4-16(18)14-7-8-19-17(12-14)23(31)28-11-9-15(13-20(28)22(30)27-19)26-21(29)6-3-10-25/h1-2,4-5,7-8,12,15,20H,3,6,9-11,13,25H2,(H,26,29)(H,27,30). The number of carbonyl (C=O) groups excluding carboxylic acids is 3. The minimum atomic E-state index is -0.676. The van der Waals surface area contributed by atoms with Crippen molar-refractivity contribution in [2.75, 3.05) is 18.4 Å². The normalized spacial score (nSPS) is 20.4. The molecule has 0 aromatic heterocycles. The molecule has 31 heavy (non-hydrogen) atoms. The Hall–Kier alpha value is -3.26. The number of hydrogen-bond donors (Lipinski definition) is 3. The van der Waals surface area contributed by atoms with Crippen molar-refractivity contribution < 1.29 is 18.8 Å². The number of benzene rings is 2. The molecule has 2 aliphatic heterocycles. The lowest BCUT2D eigenvalue weighted by Crippen LogP contribution is -2.55. The fourth-order valence-corrected chi connectivity index (χ4v) is 4.21. The summed E-state index contributed by atoms with van der Waals surface area (Å²) in [7, 11) is 0. The van der Waals surface area contributed by atoms with Gasteiger partial charge in [-0.1, -0.05) is 24.3 Å². The highest BCUT2D eigenvalue weighted by Crippen LogP contribution is 2.32. The Kier molecular flexibility index (Phi) is 5.99. The lowest BCUT2D eigenvalue weighted by Gasteiger charge is -2.37. The summed E-state index contributed by atoms with van der Waals surface area (Å²) in [5.74, 6) is -1.03. The van der Waals surface area contributed by atoms with Crippen LogP contribution >= 0.6 is 0 Å². The second-order valence-corrected chi connectivity index (χ2v) is 7.92. The molecule has 1 fully saturated rings. The number of piperidine rings is 1. The van der Waals surface area contributed by atoms with Gasteiger partial charge in [-0.3, -0.25) is 14.4 Å². The molecule has 2 heterocycles. The first-order chi connectivity index (χ1) is 15.0. The van der Waals surface area contributed by atoms with Crippen LogP contribution < -0.4 is 16.4 Å². The minimum absolute atomic E-state index is 0.0953. The first kappa shape index (κ1) is 21.0. The number of nitrogens with two attached hydrogens (primary N) is 1. The van der Waals surface area contributed by atoms with Crippen LogP contribution in [-0.2, 0) is 9.59 Å². The molecule has 2 atom stereocenters. The first-order valence-corrected chi connectivity index (χ1v) is 10.5. The second kappa shape index (κ2) is 8.85. The molecule has 4 N–H and O–H groups in total. The van der Waals surface area contributed by atoms with Crippen LogP contribution in [0, 0.1) is 5.82 Å². The van der Waals surface area contributed by atoms with E-state index in [1.807, 2.05) is 0 Å². The van der Waals surface area contributed by atoms with E-state index in [-0.39, 0.29) is 29.6 Å². The van der Waals surface area contributed by atoms with E-state index in [9.17, 15) is 18.8 Å². The van der Waals surface area contributed by atoms with Crippen LogP contribution in [-0.4, -0.2) is 47.8 Å². The van der Waals surface area contributed by atoms with Crippen molar-refractivity contribution in [3.63, 3.8) is 0 Å². The van der Waals surface area contributed by atoms with Crippen molar-refractivity contribution >= 4 is 23.4 Å². The SMILES string of the molecule is NCCCC(=O)NC1CCN2C(=O)c3cc(-c4ccccc4F)ccc3NC(=O)C2C1. The van der Waals surface area contributed by atoms with Gasteiger partial charge in [-0.25, -0.2) is 4.39 Å². The van der Waals surface area contributed by atoms with Gasteiger partial charge in [0, 0.05) is 24.6 Å².